The number of imidazole rings is 1. The summed E-state index contributed by atoms with van der Waals surface area (Å²) >= 11 is 0. The van der Waals surface area contributed by atoms with Crippen molar-refractivity contribution < 1.29 is 14.3 Å². The molecule has 0 aliphatic rings. The van der Waals surface area contributed by atoms with E-state index in [0.717, 1.165) is 5.52 Å². The summed E-state index contributed by atoms with van der Waals surface area (Å²) in [5.74, 6) is -0.0252. The molecule has 0 atom stereocenters. The van der Waals surface area contributed by atoms with Crippen molar-refractivity contribution in [1.82, 2.24) is 14.3 Å². The Hall–Kier alpha value is -1.92. The van der Waals surface area contributed by atoms with Crippen LogP contribution in [0.5, 0.6) is 0 Å². The fourth-order valence-electron chi connectivity index (χ4n) is 1.95. The van der Waals surface area contributed by atoms with Gasteiger partial charge in [0.05, 0.1) is 31.3 Å². The van der Waals surface area contributed by atoms with E-state index >= 15 is 0 Å². The van der Waals surface area contributed by atoms with Gasteiger partial charge in [-0.3, -0.25) is 4.79 Å². The average Bonchev–Trinajstić information content (AvgIpc) is 2.94. The number of carbonyl (C=O) groups is 1. The number of aromatic nitrogens is 2. The van der Waals surface area contributed by atoms with Gasteiger partial charge in [-0.2, -0.15) is 0 Å². The Morgan fingerprint density at radius 1 is 1.30 bits per heavy atom. The Bertz CT molecular complexity index is 560. The van der Waals surface area contributed by atoms with Crippen molar-refractivity contribution in [3.63, 3.8) is 0 Å². The predicted molar refractivity (Wildman–Crippen MR) is 74.8 cm³/mol. The quantitative estimate of drug-likeness (QED) is 0.759. The van der Waals surface area contributed by atoms with Crippen molar-refractivity contribution >= 4 is 11.4 Å². The van der Waals surface area contributed by atoms with Crippen LogP contribution in [0.15, 0.2) is 30.9 Å². The third-order valence-electron chi connectivity index (χ3n) is 3.08. The van der Waals surface area contributed by atoms with Crippen LogP contribution in [0.3, 0.4) is 0 Å². The lowest BCUT2D eigenvalue weighted by molar-refractivity contribution is 0.0627. The molecule has 20 heavy (non-hydrogen) atoms. The molecular weight excluding hydrogens is 258 g/mol. The number of fused-ring (bicyclic) bond motifs is 1. The van der Waals surface area contributed by atoms with Gasteiger partial charge in [-0.25, -0.2) is 4.98 Å². The SMILES string of the molecule is COCCN(CCOC)C(=O)c1ccn2cncc2c1. The van der Waals surface area contributed by atoms with Gasteiger partial charge in [0.2, 0.25) is 0 Å². The minimum atomic E-state index is -0.0252. The molecule has 2 aromatic rings. The molecule has 2 rings (SSSR count). The zero-order valence-corrected chi connectivity index (χ0v) is 11.8. The number of amides is 1. The third-order valence-corrected chi connectivity index (χ3v) is 3.08. The van der Waals surface area contributed by atoms with Crippen LogP contribution in [-0.4, -0.2) is 60.7 Å². The van der Waals surface area contributed by atoms with Crippen LogP contribution in [-0.2, 0) is 9.47 Å². The lowest BCUT2D eigenvalue weighted by atomic mass is 10.2. The molecule has 0 N–H and O–H groups in total. The van der Waals surface area contributed by atoms with Crippen LogP contribution >= 0.6 is 0 Å². The zero-order valence-electron chi connectivity index (χ0n) is 11.8. The van der Waals surface area contributed by atoms with E-state index in [-0.39, 0.29) is 5.91 Å². The summed E-state index contributed by atoms with van der Waals surface area (Å²) in [6.45, 7) is 2.10. The normalized spacial score (nSPS) is 10.9. The standard InChI is InChI=1S/C14H19N3O3/c1-19-7-5-16(6-8-20-2)14(18)12-3-4-17-11-15-10-13(17)9-12/h3-4,9-11H,5-8H2,1-2H3. The van der Waals surface area contributed by atoms with Crippen LogP contribution in [0.2, 0.25) is 0 Å². The van der Waals surface area contributed by atoms with E-state index in [9.17, 15) is 4.79 Å². The summed E-state index contributed by atoms with van der Waals surface area (Å²) in [6.07, 6.45) is 5.27. The van der Waals surface area contributed by atoms with E-state index in [1.807, 2.05) is 16.7 Å². The molecule has 0 spiro atoms. The van der Waals surface area contributed by atoms with Gasteiger partial charge in [0, 0.05) is 39.1 Å². The molecule has 108 valence electrons. The monoisotopic (exact) mass is 277 g/mol. The maximum Gasteiger partial charge on any atom is 0.254 e. The first-order valence-electron chi connectivity index (χ1n) is 6.45. The van der Waals surface area contributed by atoms with Gasteiger partial charge >= 0.3 is 0 Å². The first-order valence-corrected chi connectivity index (χ1v) is 6.45. The number of hydrogen-bond acceptors (Lipinski definition) is 4. The smallest absolute Gasteiger partial charge is 0.254 e. The largest absolute Gasteiger partial charge is 0.383 e. The van der Waals surface area contributed by atoms with E-state index in [2.05, 4.69) is 4.98 Å². The van der Waals surface area contributed by atoms with Crippen molar-refractivity contribution in [2.45, 2.75) is 0 Å². The molecular formula is C14H19N3O3. The highest BCUT2D eigenvalue weighted by atomic mass is 16.5. The lowest BCUT2D eigenvalue weighted by Gasteiger charge is -2.22. The van der Waals surface area contributed by atoms with Crippen LogP contribution in [0.4, 0.5) is 0 Å². The van der Waals surface area contributed by atoms with Crippen molar-refractivity contribution in [2.24, 2.45) is 0 Å². The summed E-state index contributed by atoms with van der Waals surface area (Å²) in [7, 11) is 3.24. The average molecular weight is 277 g/mol. The van der Waals surface area contributed by atoms with E-state index in [1.165, 1.54) is 0 Å². The number of ether oxygens (including phenoxy) is 2. The highest BCUT2D eigenvalue weighted by Crippen LogP contribution is 2.09. The Kier molecular flexibility index (Phi) is 5.09. The maximum atomic E-state index is 12.5. The fraction of sp³-hybridized carbons (Fsp3) is 0.429. The highest BCUT2D eigenvalue weighted by Gasteiger charge is 2.15. The number of hydrogen-bond donors (Lipinski definition) is 0. The minimum absolute atomic E-state index is 0.0252. The van der Waals surface area contributed by atoms with Gasteiger partial charge in [0.15, 0.2) is 0 Å². The van der Waals surface area contributed by atoms with E-state index < -0.39 is 0 Å². The van der Waals surface area contributed by atoms with Crippen molar-refractivity contribution in [1.29, 1.82) is 0 Å². The molecule has 0 radical (unpaired) electrons. The topological polar surface area (TPSA) is 56.1 Å². The van der Waals surface area contributed by atoms with Crippen LogP contribution in [0, 0.1) is 0 Å². The molecule has 0 saturated heterocycles. The molecule has 0 unspecified atom stereocenters. The maximum absolute atomic E-state index is 12.5. The number of pyridine rings is 1. The Balaban J connectivity index is 2.15. The van der Waals surface area contributed by atoms with Gasteiger partial charge in [0.25, 0.3) is 5.91 Å². The van der Waals surface area contributed by atoms with Crippen molar-refractivity contribution in [3.8, 4) is 0 Å². The zero-order chi connectivity index (χ0) is 14.4. The molecule has 0 aliphatic carbocycles. The molecule has 0 bridgehead atoms. The molecule has 0 fully saturated rings. The second kappa shape index (κ2) is 7.02. The van der Waals surface area contributed by atoms with E-state index in [4.69, 9.17) is 9.47 Å². The highest BCUT2D eigenvalue weighted by molar-refractivity contribution is 5.95. The van der Waals surface area contributed by atoms with E-state index in [0.29, 0.717) is 31.9 Å². The number of nitrogens with zero attached hydrogens (tertiary/aromatic N) is 3. The second-order valence-electron chi connectivity index (χ2n) is 4.42. The third kappa shape index (κ3) is 3.34. The van der Waals surface area contributed by atoms with E-state index in [1.54, 1.807) is 37.7 Å². The Morgan fingerprint density at radius 2 is 2.00 bits per heavy atom. The van der Waals surface area contributed by atoms with Gasteiger partial charge in [-0.1, -0.05) is 0 Å². The Labute approximate surface area is 117 Å². The molecule has 0 aromatic carbocycles. The molecule has 1 amide bonds. The van der Waals surface area contributed by atoms with Gasteiger partial charge in [-0.05, 0) is 12.1 Å². The molecule has 0 saturated carbocycles. The van der Waals surface area contributed by atoms with Crippen molar-refractivity contribution in [3.05, 3.63) is 36.4 Å². The molecule has 2 aromatic heterocycles. The van der Waals surface area contributed by atoms with Crippen LogP contribution in [0.25, 0.3) is 5.52 Å². The first kappa shape index (κ1) is 14.5. The summed E-state index contributed by atoms with van der Waals surface area (Å²) in [6, 6.07) is 3.63. The van der Waals surface area contributed by atoms with Crippen LogP contribution in [0.1, 0.15) is 10.4 Å². The van der Waals surface area contributed by atoms with Gasteiger partial charge in [0.1, 0.15) is 0 Å². The molecule has 6 heteroatoms. The molecule has 0 aliphatic heterocycles. The molecule has 6 nitrogen and oxygen atoms in total. The summed E-state index contributed by atoms with van der Waals surface area (Å²) in [5.41, 5.74) is 1.54. The number of rotatable bonds is 7. The summed E-state index contributed by atoms with van der Waals surface area (Å²) < 4.78 is 12.0. The van der Waals surface area contributed by atoms with Gasteiger partial charge in [-0.15, -0.1) is 0 Å². The fourth-order valence-corrected chi connectivity index (χ4v) is 1.95. The minimum Gasteiger partial charge on any atom is -0.383 e. The second-order valence-corrected chi connectivity index (χ2v) is 4.42. The Morgan fingerprint density at radius 3 is 2.65 bits per heavy atom. The number of carbonyl (C=O) groups excluding carboxylic acids is 1. The van der Waals surface area contributed by atoms with Gasteiger partial charge < -0.3 is 18.8 Å². The number of methoxy groups -OCH3 is 2. The van der Waals surface area contributed by atoms with Crippen LogP contribution < -0.4 is 0 Å². The summed E-state index contributed by atoms with van der Waals surface area (Å²) in [4.78, 5) is 18.3. The van der Waals surface area contributed by atoms with Crippen molar-refractivity contribution in [2.75, 3.05) is 40.5 Å². The lowest BCUT2D eigenvalue weighted by Crippen LogP contribution is -2.36. The summed E-state index contributed by atoms with van der Waals surface area (Å²) in [5, 5.41) is 0. The molecule has 2 heterocycles. The first-order chi connectivity index (χ1) is 9.76. The predicted octanol–water partition coefficient (Wildman–Crippen LogP) is 1.07.